The molecule has 0 atom stereocenters. The van der Waals surface area contributed by atoms with Crippen molar-refractivity contribution in [2.24, 2.45) is 0 Å². The van der Waals surface area contributed by atoms with E-state index >= 15 is 0 Å². The van der Waals surface area contributed by atoms with E-state index < -0.39 is 0 Å². The van der Waals surface area contributed by atoms with Crippen LogP contribution in [0.15, 0.2) is 164 Å². The molecule has 0 amide bonds. The lowest BCUT2D eigenvalue weighted by molar-refractivity contribution is 0.332. The molecule has 11 aromatic rings. The summed E-state index contributed by atoms with van der Waals surface area (Å²) in [5, 5.41) is 7.12. The Labute approximate surface area is 379 Å². The molecule has 2 aliphatic carbocycles. The van der Waals surface area contributed by atoms with E-state index in [1.807, 2.05) is 0 Å². The van der Waals surface area contributed by atoms with E-state index in [9.17, 15) is 0 Å². The zero-order chi connectivity index (χ0) is 44.0. The molecule has 0 radical (unpaired) electrons. The molecule has 0 aliphatic heterocycles. The van der Waals surface area contributed by atoms with E-state index in [0.29, 0.717) is 17.6 Å². The maximum Gasteiger partial charge on any atom is 0.238 e. The molecule has 8 aromatic carbocycles. The first-order valence-electron chi connectivity index (χ1n) is 23.1. The van der Waals surface area contributed by atoms with Crippen LogP contribution in [-0.2, 0) is 16.2 Å². The summed E-state index contributed by atoms with van der Waals surface area (Å²) < 4.78 is 4.77. The van der Waals surface area contributed by atoms with Gasteiger partial charge in [-0.25, -0.2) is 4.98 Å². The summed E-state index contributed by atoms with van der Waals surface area (Å²) in [5.41, 5.74) is 15.3. The Morgan fingerprint density at radius 2 is 0.938 bits per heavy atom. The average molecular weight is 840 g/mol. The van der Waals surface area contributed by atoms with Gasteiger partial charge in [0.15, 0.2) is 11.6 Å². The second-order valence-electron chi connectivity index (χ2n) is 20.3. The lowest BCUT2D eigenvalue weighted by atomic mass is 9.63. The number of hydrogen-bond donors (Lipinski definition) is 0. The average Bonchev–Trinajstić information content (AvgIpc) is 3.91. The number of benzene rings is 8. The molecule has 0 saturated carbocycles. The second-order valence-corrected chi connectivity index (χ2v) is 20.3. The fourth-order valence-corrected chi connectivity index (χ4v) is 11.8. The minimum atomic E-state index is -0.268. The van der Waals surface area contributed by atoms with Gasteiger partial charge in [0, 0.05) is 43.8 Å². The third-order valence-corrected chi connectivity index (χ3v) is 15.2. The molecule has 5 nitrogen and oxygen atoms in total. The molecule has 0 fully saturated rings. The predicted octanol–water partition coefficient (Wildman–Crippen LogP) is 15.2. The number of hydrogen-bond acceptors (Lipinski definition) is 3. The molecule has 0 N–H and O–H groups in total. The third kappa shape index (κ3) is 5.42. The zero-order valence-corrected chi connectivity index (χ0v) is 37.7. The Morgan fingerprint density at radius 1 is 0.385 bits per heavy atom. The summed E-state index contributed by atoms with van der Waals surface area (Å²) in [5.74, 6) is 1.93. The standard InChI is InChI=1S/C60H49N5/c1-58(2)30-31-59(3,4)49-34-51-46(33-48(49)58)45-32-44-40-24-13-15-29-50(40)64(37-20-8-7-9-21-37)52(44)35-53(45)65(51)57-62-55(42-26-16-19-36-18-10-11-22-38(36)42)61-56(63-57)43-27-17-25-41-39-23-12-14-28-47(39)60(5,6)54(41)43/h7-29,32-35H,30-31H2,1-6H3. The van der Waals surface area contributed by atoms with Crippen LogP contribution < -0.4 is 0 Å². The topological polar surface area (TPSA) is 48.5 Å². The van der Waals surface area contributed by atoms with Crippen molar-refractivity contribution in [1.82, 2.24) is 24.1 Å². The molecule has 0 spiro atoms. The lowest BCUT2D eigenvalue weighted by Gasteiger charge is -2.42. The molecule has 65 heavy (non-hydrogen) atoms. The Hall–Kier alpha value is -7.37. The highest BCUT2D eigenvalue weighted by Gasteiger charge is 2.40. The first-order valence-corrected chi connectivity index (χ1v) is 23.1. The fraction of sp³-hybridized carbons (Fsp3) is 0.183. The largest absolute Gasteiger partial charge is 0.309 e. The van der Waals surface area contributed by atoms with Crippen LogP contribution >= 0.6 is 0 Å². The highest BCUT2D eigenvalue weighted by molar-refractivity contribution is 6.19. The van der Waals surface area contributed by atoms with Gasteiger partial charge in [-0.15, -0.1) is 0 Å². The minimum Gasteiger partial charge on any atom is -0.309 e. The fourth-order valence-electron chi connectivity index (χ4n) is 11.8. The number of rotatable bonds is 4. The molecule has 0 saturated heterocycles. The van der Waals surface area contributed by atoms with Crippen LogP contribution in [0.1, 0.15) is 76.6 Å². The molecule has 3 aromatic heterocycles. The first-order chi connectivity index (χ1) is 31.5. The van der Waals surface area contributed by atoms with Crippen LogP contribution in [0, 0.1) is 0 Å². The Bertz CT molecular complexity index is 3800. The molecule has 2 aliphatic rings. The van der Waals surface area contributed by atoms with Gasteiger partial charge in [0.2, 0.25) is 5.95 Å². The Morgan fingerprint density at radius 3 is 1.75 bits per heavy atom. The van der Waals surface area contributed by atoms with Crippen molar-refractivity contribution in [2.75, 3.05) is 0 Å². The van der Waals surface area contributed by atoms with E-state index in [1.54, 1.807) is 0 Å². The van der Waals surface area contributed by atoms with Gasteiger partial charge in [-0.1, -0.05) is 163 Å². The molecule has 0 unspecified atom stereocenters. The maximum atomic E-state index is 5.67. The van der Waals surface area contributed by atoms with Crippen LogP contribution in [0.2, 0.25) is 0 Å². The van der Waals surface area contributed by atoms with Crippen molar-refractivity contribution in [3.05, 3.63) is 186 Å². The first kappa shape index (κ1) is 38.1. The molecule has 5 heteroatoms. The van der Waals surface area contributed by atoms with Crippen LogP contribution in [0.3, 0.4) is 0 Å². The van der Waals surface area contributed by atoms with Crippen molar-refractivity contribution in [2.45, 2.75) is 70.6 Å². The molecular weight excluding hydrogens is 791 g/mol. The van der Waals surface area contributed by atoms with Crippen LogP contribution in [0.4, 0.5) is 0 Å². The molecular formula is C60H49N5. The van der Waals surface area contributed by atoms with E-state index in [1.165, 1.54) is 60.4 Å². The third-order valence-electron chi connectivity index (χ3n) is 15.2. The molecule has 13 rings (SSSR count). The highest BCUT2D eigenvalue weighted by Crippen LogP contribution is 2.53. The van der Waals surface area contributed by atoms with Gasteiger partial charge in [-0.3, -0.25) is 4.57 Å². The van der Waals surface area contributed by atoms with Gasteiger partial charge in [0.1, 0.15) is 0 Å². The van der Waals surface area contributed by atoms with Gasteiger partial charge in [0.05, 0.1) is 22.1 Å². The summed E-state index contributed by atoms with van der Waals surface area (Å²) in [6.45, 7) is 14.3. The van der Waals surface area contributed by atoms with E-state index in [2.05, 4.69) is 214 Å². The second kappa shape index (κ2) is 13.3. The monoisotopic (exact) mass is 839 g/mol. The predicted molar refractivity (Wildman–Crippen MR) is 270 cm³/mol. The number of fused-ring (bicyclic) bond motifs is 11. The van der Waals surface area contributed by atoms with E-state index in [-0.39, 0.29) is 16.2 Å². The van der Waals surface area contributed by atoms with Crippen LogP contribution in [0.5, 0.6) is 0 Å². The van der Waals surface area contributed by atoms with E-state index in [4.69, 9.17) is 15.0 Å². The van der Waals surface area contributed by atoms with Gasteiger partial charge >= 0.3 is 0 Å². The summed E-state index contributed by atoms with van der Waals surface area (Å²) in [6.07, 6.45) is 2.26. The Kier molecular flexibility index (Phi) is 7.82. The maximum absolute atomic E-state index is 5.67. The van der Waals surface area contributed by atoms with Crippen molar-refractivity contribution in [1.29, 1.82) is 0 Å². The Balaban J connectivity index is 1.19. The van der Waals surface area contributed by atoms with Crippen molar-refractivity contribution < 1.29 is 0 Å². The van der Waals surface area contributed by atoms with Gasteiger partial charge in [-0.05, 0) is 110 Å². The smallest absolute Gasteiger partial charge is 0.238 e. The SMILES string of the molecule is CC1(C)CCC(C)(C)c2cc3c(cc21)c1cc2c4ccccc4n(-c4ccccc4)c2cc1n3-c1nc(-c2cccc3c2C(C)(C)c2ccccc2-3)nc(-c2cccc3ccccc23)n1. The van der Waals surface area contributed by atoms with Gasteiger partial charge < -0.3 is 4.57 Å². The summed E-state index contributed by atoms with van der Waals surface area (Å²) in [4.78, 5) is 16.8. The van der Waals surface area contributed by atoms with Crippen molar-refractivity contribution in [3.8, 4) is 45.5 Å². The highest BCUT2D eigenvalue weighted by atomic mass is 15.2. The van der Waals surface area contributed by atoms with Gasteiger partial charge in [-0.2, -0.15) is 9.97 Å². The van der Waals surface area contributed by atoms with Crippen LogP contribution in [0.25, 0.3) is 99.9 Å². The quantitative estimate of drug-likeness (QED) is 0.177. The summed E-state index contributed by atoms with van der Waals surface area (Å²) >= 11 is 0. The molecule has 314 valence electrons. The van der Waals surface area contributed by atoms with Crippen molar-refractivity contribution in [3.63, 3.8) is 0 Å². The molecule has 3 heterocycles. The normalized spacial score (nSPS) is 15.8. The van der Waals surface area contributed by atoms with Crippen molar-refractivity contribution >= 4 is 54.4 Å². The molecule has 0 bridgehead atoms. The lowest BCUT2D eigenvalue weighted by Crippen LogP contribution is -2.33. The summed E-state index contributed by atoms with van der Waals surface area (Å²) in [7, 11) is 0. The van der Waals surface area contributed by atoms with Crippen LogP contribution in [-0.4, -0.2) is 24.1 Å². The minimum absolute atomic E-state index is 0.00527. The number of nitrogens with zero attached hydrogens (tertiary/aromatic N) is 5. The number of aromatic nitrogens is 5. The summed E-state index contributed by atoms with van der Waals surface area (Å²) in [6, 6.07) is 59.9. The zero-order valence-electron chi connectivity index (χ0n) is 37.7. The van der Waals surface area contributed by atoms with E-state index in [0.717, 1.165) is 57.0 Å². The van der Waals surface area contributed by atoms with Gasteiger partial charge in [0.25, 0.3) is 0 Å². The number of para-hydroxylation sites is 2.